The maximum atomic E-state index is 12.3. The van der Waals surface area contributed by atoms with Crippen LogP contribution in [0.2, 0.25) is 5.02 Å². The average Bonchev–Trinajstić information content (AvgIpc) is 2.06. The number of aromatic nitrogens is 1. The van der Waals surface area contributed by atoms with Crippen LogP contribution in [-0.2, 0) is 10.0 Å². The van der Waals surface area contributed by atoms with Crippen molar-refractivity contribution in [1.29, 1.82) is 0 Å². The van der Waals surface area contributed by atoms with E-state index in [4.69, 9.17) is 16.7 Å². The van der Waals surface area contributed by atoms with Crippen LogP contribution in [0.15, 0.2) is 11.1 Å². The van der Waals surface area contributed by atoms with E-state index in [9.17, 15) is 17.2 Å². The van der Waals surface area contributed by atoms with Gasteiger partial charge in [-0.1, -0.05) is 11.6 Å². The molecular formula is C6H4ClF2IN2O2S. The van der Waals surface area contributed by atoms with Crippen molar-refractivity contribution < 1.29 is 17.2 Å². The summed E-state index contributed by atoms with van der Waals surface area (Å²) in [5.41, 5.74) is -0.562. The summed E-state index contributed by atoms with van der Waals surface area (Å²) in [5, 5.41) is 4.48. The van der Waals surface area contributed by atoms with Crippen LogP contribution in [0.3, 0.4) is 0 Å². The molecule has 0 amide bonds. The number of nitrogens with zero attached hydrogens (tertiary/aromatic N) is 1. The predicted molar refractivity (Wildman–Crippen MR) is 58.3 cm³/mol. The second-order valence-electron chi connectivity index (χ2n) is 2.48. The van der Waals surface area contributed by atoms with Crippen LogP contribution in [0.1, 0.15) is 12.1 Å². The highest BCUT2D eigenvalue weighted by atomic mass is 127. The lowest BCUT2D eigenvalue weighted by Crippen LogP contribution is -2.14. The SMILES string of the molecule is NS(=O)(=O)c1cnc(C(F)F)c(I)c1Cl. The molecule has 1 heterocycles. The zero-order chi connectivity index (χ0) is 11.8. The van der Waals surface area contributed by atoms with E-state index in [0.29, 0.717) is 0 Å². The van der Waals surface area contributed by atoms with Gasteiger partial charge in [0, 0.05) is 6.20 Å². The third kappa shape index (κ3) is 2.74. The lowest BCUT2D eigenvalue weighted by atomic mass is 10.3. The molecule has 0 unspecified atom stereocenters. The van der Waals surface area contributed by atoms with E-state index in [-0.39, 0.29) is 8.59 Å². The highest BCUT2D eigenvalue weighted by Gasteiger charge is 2.22. The number of hydrogen-bond donors (Lipinski definition) is 1. The van der Waals surface area contributed by atoms with Gasteiger partial charge in [-0.25, -0.2) is 22.3 Å². The van der Waals surface area contributed by atoms with Crippen molar-refractivity contribution >= 4 is 44.2 Å². The standard InChI is InChI=1S/C6H4ClF2IN2O2S/c7-3-2(15(11,13)14)1-12-5(4(3)10)6(8)9/h1,6H,(H2,11,13,14). The summed E-state index contributed by atoms with van der Waals surface area (Å²) < 4.78 is 46.4. The Balaban J connectivity index is 3.48. The van der Waals surface area contributed by atoms with E-state index in [1.165, 1.54) is 22.6 Å². The zero-order valence-corrected chi connectivity index (χ0v) is 10.6. The Morgan fingerprint density at radius 2 is 2.07 bits per heavy atom. The Kier molecular flexibility index (Phi) is 3.85. The fourth-order valence-electron chi connectivity index (χ4n) is 0.813. The number of alkyl halides is 2. The van der Waals surface area contributed by atoms with E-state index in [1.54, 1.807) is 0 Å². The Hall–Kier alpha value is -0.0600. The van der Waals surface area contributed by atoms with Gasteiger partial charge in [0.2, 0.25) is 10.0 Å². The lowest BCUT2D eigenvalue weighted by Gasteiger charge is -2.07. The molecule has 0 fully saturated rings. The first-order chi connectivity index (χ1) is 6.75. The quantitative estimate of drug-likeness (QED) is 0.811. The molecule has 1 rings (SSSR count). The van der Waals surface area contributed by atoms with Crippen molar-refractivity contribution in [3.8, 4) is 0 Å². The summed E-state index contributed by atoms with van der Waals surface area (Å²) in [6, 6.07) is 0. The second-order valence-corrected chi connectivity index (χ2v) is 5.47. The number of sulfonamides is 1. The number of nitrogens with two attached hydrogens (primary N) is 1. The maximum Gasteiger partial charge on any atom is 0.281 e. The first kappa shape index (κ1) is 13.0. The van der Waals surface area contributed by atoms with Crippen LogP contribution >= 0.6 is 34.2 Å². The van der Waals surface area contributed by atoms with Crippen LogP contribution in [-0.4, -0.2) is 13.4 Å². The van der Waals surface area contributed by atoms with Gasteiger partial charge in [-0.15, -0.1) is 0 Å². The summed E-state index contributed by atoms with van der Waals surface area (Å²) in [4.78, 5) is 2.84. The maximum absolute atomic E-state index is 12.3. The van der Waals surface area contributed by atoms with Crippen molar-refractivity contribution in [2.45, 2.75) is 11.3 Å². The molecule has 15 heavy (non-hydrogen) atoms. The molecule has 0 aliphatic heterocycles. The molecule has 0 saturated carbocycles. The van der Waals surface area contributed by atoms with Crippen molar-refractivity contribution in [2.24, 2.45) is 5.14 Å². The highest BCUT2D eigenvalue weighted by molar-refractivity contribution is 14.1. The topological polar surface area (TPSA) is 73.1 Å². The Morgan fingerprint density at radius 3 is 2.47 bits per heavy atom. The molecule has 0 aliphatic rings. The Bertz CT molecular complexity index is 494. The number of pyridine rings is 1. The highest BCUT2D eigenvalue weighted by Crippen LogP contribution is 2.31. The predicted octanol–water partition coefficient (Wildman–Crippen LogP) is 1.92. The summed E-state index contributed by atoms with van der Waals surface area (Å²) in [5.74, 6) is 0. The molecule has 0 atom stereocenters. The molecule has 0 saturated heterocycles. The summed E-state index contributed by atoms with van der Waals surface area (Å²) >= 11 is 7.08. The van der Waals surface area contributed by atoms with Gasteiger partial charge in [0.05, 0.1) is 8.59 Å². The average molecular weight is 369 g/mol. The first-order valence-corrected chi connectivity index (χ1v) is 6.40. The lowest BCUT2D eigenvalue weighted by molar-refractivity contribution is 0.145. The fraction of sp³-hybridized carbons (Fsp3) is 0.167. The minimum absolute atomic E-state index is 0.115. The molecule has 84 valence electrons. The molecule has 0 aliphatic carbocycles. The monoisotopic (exact) mass is 368 g/mol. The van der Waals surface area contributed by atoms with E-state index in [1.807, 2.05) is 0 Å². The summed E-state index contributed by atoms with van der Waals surface area (Å²) in [6.07, 6.45) is -2.09. The van der Waals surface area contributed by atoms with Gasteiger partial charge in [0.15, 0.2) is 0 Å². The molecule has 1 aromatic rings. The van der Waals surface area contributed by atoms with Crippen LogP contribution in [0.5, 0.6) is 0 Å². The van der Waals surface area contributed by atoms with Crippen LogP contribution in [0.4, 0.5) is 8.78 Å². The van der Waals surface area contributed by atoms with E-state index in [0.717, 1.165) is 6.20 Å². The molecule has 0 bridgehead atoms. The summed E-state index contributed by atoms with van der Waals surface area (Å²) in [6.45, 7) is 0. The van der Waals surface area contributed by atoms with Gasteiger partial charge in [-0.05, 0) is 22.6 Å². The number of halogens is 4. The number of rotatable bonds is 2. The van der Waals surface area contributed by atoms with Gasteiger partial charge in [0.1, 0.15) is 10.6 Å². The zero-order valence-electron chi connectivity index (χ0n) is 6.92. The minimum Gasteiger partial charge on any atom is -0.253 e. The van der Waals surface area contributed by atoms with Gasteiger partial charge in [0.25, 0.3) is 6.43 Å². The van der Waals surface area contributed by atoms with Crippen molar-refractivity contribution in [2.75, 3.05) is 0 Å². The fourth-order valence-corrected chi connectivity index (χ4v) is 2.68. The van der Waals surface area contributed by atoms with E-state index < -0.39 is 27.0 Å². The molecule has 0 radical (unpaired) electrons. The first-order valence-electron chi connectivity index (χ1n) is 3.40. The molecular weight excluding hydrogens is 364 g/mol. The van der Waals surface area contributed by atoms with Gasteiger partial charge in [-0.2, -0.15) is 0 Å². The van der Waals surface area contributed by atoms with Crippen molar-refractivity contribution in [3.05, 3.63) is 20.5 Å². The van der Waals surface area contributed by atoms with Crippen LogP contribution < -0.4 is 5.14 Å². The van der Waals surface area contributed by atoms with Gasteiger partial charge < -0.3 is 0 Å². The minimum atomic E-state index is -4.04. The van der Waals surface area contributed by atoms with E-state index >= 15 is 0 Å². The molecule has 0 spiro atoms. The van der Waals surface area contributed by atoms with Crippen molar-refractivity contribution in [3.63, 3.8) is 0 Å². The molecule has 0 aromatic carbocycles. The smallest absolute Gasteiger partial charge is 0.253 e. The number of primary sulfonamides is 1. The third-order valence-electron chi connectivity index (χ3n) is 1.47. The largest absolute Gasteiger partial charge is 0.281 e. The third-order valence-corrected chi connectivity index (χ3v) is 4.31. The second kappa shape index (κ2) is 4.44. The molecule has 9 heteroatoms. The Labute approximate surface area is 103 Å². The van der Waals surface area contributed by atoms with Crippen LogP contribution in [0.25, 0.3) is 0 Å². The van der Waals surface area contributed by atoms with E-state index in [2.05, 4.69) is 4.98 Å². The number of hydrogen-bond acceptors (Lipinski definition) is 3. The van der Waals surface area contributed by atoms with Crippen molar-refractivity contribution in [1.82, 2.24) is 4.98 Å². The Morgan fingerprint density at radius 1 is 1.53 bits per heavy atom. The normalized spacial score (nSPS) is 12.1. The van der Waals surface area contributed by atoms with Gasteiger partial charge >= 0.3 is 0 Å². The summed E-state index contributed by atoms with van der Waals surface area (Å²) in [7, 11) is -4.04. The van der Waals surface area contributed by atoms with Gasteiger partial charge in [-0.3, -0.25) is 4.98 Å². The molecule has 1 aromatic heterocycles. The molecule has 2 N–H and O–H groups in total. The molecule has 4 nitrogen and oxygen atoms in total. The van der Waals surface area contributed by atoms with Crippen LogP contribution in [0, 0.1) is 3.57 Å².